The van der Waals surface area contributed by atoms with Crippen molar-refractivity contribution < 1.29 is 18.9 Å². The number of methoxy groups -OCH3 is 2. The van der Waals surface area contributed by atoms with E-state index in [9.17, 15) is 5.26 Å². The molecule has 0 saturated heterocycles. The molecule has 0 spiro atoms. The van der Waals surface area contributed by atoms with Gasteiger partial charge in [0.15, 0.2) is 11.5 Å². The van der Waals surface area contributed by atoms with E-state index in [1.165, 1.54) is 7.11 Å². The third-order valence-corrected chi connectivity index (χ3v) is 3.92. The van der Waals surface area contributed by atoms with Crippen LogP contribution in [0.4, 0.5) is 0 Å². The fourth-order valence-corrected chi connectivity index (χ4v) is 2.83. The molecule has 8 heteroatoms. The lowest BCUT2D eigenvalue weighted by atomic mass is 9.87. The number of benzene rings is 1. The molecule has 8 nitrogen and oxygen atoms in total. The largest absolute Gasteiger partial charge is 0.493 e. The molecule has 0 radical (unpaired) electrons. The second kappa shape index (κ2) is 6.88. The van der Waals surface area contributed by atoms with Crippen molar-refractivity contribution in [1.29, 1.82) is 5.26 Å². The van der Waals surface area contributed by atoms with Crippen LogP contribution in [0, 0.1) is 11.3 Å². The number of fused-ring (bicyclic) bond motifs is 1. The molecule has 136 valence electrons. The summed E-state index contributed by atoms with van der Waals surface area (Å²) in [5, 5.41) is 9.59. The van der Waals surface area contributed by atoms with E-state index >= 15 is 0 Å². The van der Waals surface area contributed by atoms with Crippen LogP contribution in [-0.2, 0) is 0 Å². The van der Waals surface area contributed by atoms with Crippen molar-refractivity contribution >= 4 is 0 Å². The van der Waals surface area contributed by atoms with E-state index in [1.54, 1.807) is 7.11 Å². The lowest BCUT2D eigenvalue weighted by Gasteiger charge is -2.23. The minimum Gasteiger partial charge on any atom is -0.493 e. The summed E-state index contributed by atoms with van der Waals surface area (Å²) in [6, 6.07) is 7.88. The van der Waals surface area contributed by atoms with Gasteiger partial charge in [-0.25, -0.2) is 0 Å². The van der Waals surface area contributed by atoms with E-state index in [0.29, 0.717) is 17.2 Å². The first kappa shape index (κ1) is 17.5. The number of rotatable bonds is 5. The molecule has 1 aromatic carbocycles. The zero-order chi connectivity index (χ0) is 18.8. The minimum atomic E-state index is -0.484. The number of nitrogens with zero attached hydrogens (tertiary/aromatic N) is 2. The Morgan fingerprint density at radius 2 is 2.04 bits per heavy atom. The average Bonchev–Trinajstić information content (AvgIpc) is 3.03. The molecule has 3 rings (SSSR count). The van der Waals surface area contributed by atoms with Crippen LogP contribution in [0.15, 0.2) is 29.7 Å². The highest BCUT2D eigenvalue weighted by atomic mass is 16.5. The molecule has 1 unspecified atom stereocenters. The molecule has 0 bridgehead atoms. The van der Waals surface area contributed by atoms with Crippen LogP contribution in [0.2, 0.25) is 0 Å². The highest BCUT2D eigenvalue weighted by Gasteiger charge is 2.34. The van der Waals surface area contributed by atoms with Crippen LogP contribution in [-0.4, -0.2) is 30.3 Å². The molecule has 0 aliphatic carbocycles. The van der Waals surface area contributed by atoms with E-state index < -0.39 is 5.92 Å². The summed E-state index contributed by atoms with van der Waals surface area (Å²) in [4.78, 5) is 7.21. The predicted molar refractivity (Wildman–Crippen MR) is 93.2 cm³/mol. The number of nitrogens with two attached hydrogens (primary N) is 1. The third kappa shape index (κ3) is 2.99. The highest BCUT2D eigenvalue weighted by molar-refractivity contribution is 5.55. The van der Waals surface area contributed by atoms with E-state index in [4.69, 9.17) is 24.7 Å². The quantitative estimate of drug-likeness (QED) is 0.845. The maximum absolute atomic E-state index is 9.59. The summed E-state index contributed by atoms with van der Waals surface area (Å²) in [6.45, 7) is 3.87. The number of hydrogen-bond acceptors (Lipinski definition) is 7. The van der Waals surface area contributed by atoms with Crippen LogP contribution in [0.3, 0.4) is 0 Å². The number of H-pyrrole nitrogens is 1. The monoisotopic (exact) mass is 356 g/mol. The molecule has 2 heterocycles. The zero-order valence-corrected chi connectivity index (χ0v) is 15.0. The Hall–Kier alpha value is -3.34. The topological polar surface area (TPSA) is 115 Å². The maximum Gasteiger partial charge on any atom is 0.296 e. The van der Waals surface area contributed by atoms with Gasteiger partial charge in [0.2, 0.25) is 11.8 Å². The lowest BCUT2D eigenvalue weighted by molar-refractivity contribution is 0.230. The average molecular weight is 356 g/mol. The fourth-order valence-electron chi connectivity index (χ4n) is 2.83. The molecule has 3 N–H and O–H groups in total. The minimum absolute atomic E-state index is 0.00603. The van der Waals surface area contributed by atoms with Gasteiger partial charge in [-0.3, -0.25) is 0 Å². The Labute approximate surface area is 151 Å². The number of nitrogens with one attached hydrogen (secondary N) is 1. The van der Waals surface area contributed by atoms with Crippen molar-refractivity contribution in [3.63, 3.8) is 0 Å². The molecule has 1 aliphatic heterocycles. The number of aromatic amines is 1. The van der Waals surface area contributed by atoms with Gasteiger partial charge in [0.25, 0.3) is 6.01 Å². The highest BCUT2D eigenvalue weighted by Crippen LogP contribution is 2.43. The lowest BCUT2D eigenvalue weighted by Crippen LogP contribution is -2.21. The Morgan fingerprint density at radius 3 is 2.65 bits per heavy atom. The van der Waals surface area contributed by atoms with E-state index in [0.717, 1.165) is 5.56 Å². The van der Waals surface area contributed by atoms with Crippen LogP contribution in [0.5, 0.6) is 23.4 Å². The van der Waals surface area contributed by atoms with Gasteiger partial charge in [0, 0.05) is 0 Å². The second-order valence-electron chi connectivity index (χ2n) is 5.97. The first-order valence-corrected chi connectivity index (χ1v) is 8.04. The first-order chi connectivity index (χ1) is 12.5. The molecule has 1 aliphatic rings. The Balaban J connectivity index is 2.12. The molecular formula is C18H20N4O4. The zero-order valence-electron chi connectivity index (χ0n) is 15.0. The number of nitriles is 1. The van der Waals surface area contributed by atoms with Gasteiger partial charge >= 0.3 is 0 Å². The van der Waals surface area contributed by atoms with Crippen molar-refractivity contribution in [3.8, 4) is 29.5 Å². The summed E-state index contributed by atoms with van der Waals surface area (Å²) in [7, 11) is 3.05. The van der Waals surface area contributed by atoms with Gasteiger partial charge in [-0.1, -0.05) is 6.07 Å². The van der Waals surface area contributed by atoms with Crippen LogP contribution >= 0.6 is 0 Å². The van der Waals surface area contributed by atoms with E-state index in [1.807, 2.05) is 32.0 Å². The Morgan fingerprint density at radius 1 is 1.27 bits per heavy atom. The number of aromatic nitrogens is 2. The number of allylic oxidation sites excluding steroid dienone is 1. The molecular weight excluding hydrogens is 336 g/mol. The van der Waals surface area contributed by atoms with Gasteiger partial charge in [0.1, 0.15) is 11.6 Å². The van der Waals surface area contributed by atoms with E-state index in [2.05, 4.69) is 16.0 Å². The number of ether oxygens (including phenoxy) is 4. The van der Waals surface area contributed by atoms with Crippen LogP contribution < -0.4 is 24.7 Å². The molecule has 0 saturated carbocycles. The predicted octanol–water partition coefficient (Wildman–Crippen LogP) is 2.43. The SMILES string of the molecule is COc1nc2c([nH]1)C(c1ccc(OC(C)C)c(OC)c1)C(C#N)=C(N)O2. The smallest absolute Gasteiger partial charge is 0.296 e. The maximum atomic E-state index is 9.59. The van der Waals surface area contributed by atoms with Crippen LogP contribution in [0.1, 0.15) is 31.0 Å². The van der Waals surface area contributed by atoms with E-state index in [-0.39, 0.29) is 29.5 Å². The summed E-state index contributed by atoms with van der Waals surface area (Å²) in [5.41, 5.74) is 7.59. The molecule has 2 aromatic rings. The number of imidazole rings is 1. The Kier molecular flexibility index (Phi) is 4.63. The molecule has 1 aromatic heterocycles. The van der Waals surface area contributed by atoms with Gasteiger partial charge in [-0.2, -0.15) is 10.2 Å². The van der Waals surface area contributed by atoms with Crippen molar-refractivity contribution in [2.45, 2.75) is 25.9 Å². The molecule has 26 heavy (non-hydrogen) atoms. The summed E-state index contributed by atoms with van der Waals surface area (Å²) in [5.74, 6) is 0.996. The normalized spacial score (nSPS) is 15.9. The molecule has 1 atom stereocenters. The third-order valence-electron chi connectivity index (χ3n) is 3.92. The molecule has 0 fully saturated rings. The second-order valence-corrected chi connectivity index (χ2v) is 5.97. The molecule has 0 amide bonds. The van der Waals surface area contributed by atoms with Crippen LogP contribution in [0.25, 0.3) is 0 Å². The summed E-state index contributed by atoms with van der Waals surface area (Å²) >= 11 is 0. The standard InChI is InChI=1S/C18H20N4O4/c1-9(2)25-12-6-5-10(7-13(12)23-3)14-11(8-19)16(20)26-17-15(14)21-18(22-17)24-4/h5-7,9,14H,20H2,1-4H3,(H,21,22). The first-order valence-electron chi connectivity index (χ1n) is 8.04. The van der Waals surface area contributed by atoms with Crippen molar-refractivity contribution in [2.75, 3.05) is 14.2 Å². The van der Waals surface area contributed by atoms with Crippen molar-refractivity contribution in [2.24, 2.45) is 5.73 Å². The van der Waals surface area contributed by atoms with Crippen molar-refractivity contribution in [3.05, 3.63) is 40.9 Å². The Bertz CT molecular complexity index is 895. The van der Waals surface area contributed by atoms with Gasteiger partial charge in [-0.05, 0) is 31.5 Å². The summed E-state index contributed by atoms with van der Waals surface area (Å²) in [6.07, 6.45) is 0.00603. The fraction of sp³-hybridized carbons (Fsp3) is 0.333. The summed E-state index contributed by atoms with van der Waals surface area (Å²) < 4.78 is 21.8. The van der Waals surface area contributed by atoms with Gasteiger partial charge in [0.05, 0.1) is 31.9 Å². The van der Waals surface area contributed by atoms with Gasteiger partial charge < -0.3 is 29.7 Å². The van der Waals surface area contributed by atoms with Crippen molar-refractivity contribution in [1.82, 2.24) is 9.97 Å². The van der Waals surface area contributed by atoms with Gasteiger partial charge in [-0.15, -0.1) is 0 Å². The number of hydrogen-bond donors (Lipinski definition) is 2.